The third-order valence-corrected chi connectivity index (χ3v) is 5.42. The number of nitrogens with zero attached hydrogens (tertiary/aromatic N) is 3. The fraction of sp³-hybridized carbons (Fsp3) is 0.333. The van der Waals surface area contributed by atoms with E-state index in [1.165, 1.54) is 18.6 Å². The first-order valence-electron chi connectivity index (χ1n) is 10.4. The first-order chi connectivity index (χ1) is 14.6. The molecule has 2 heterocycles. The molecule has 30 heavy (non-hydrogen) atoms. The Hall–Kier alpha value is -2.99. The monoisotopic (exact) mass is 407 g/mol. The van der Waals surface area contributed by atoms with Crippen LogP contribution in [0.3, 0.4) is 0 Å². The van der Waals surface area contributed by atoms with Crippen LogP contribution in [0.1, 0.15) is 25.0 Å². The predicted octanol–water partition coefficient (Wildman–Crippen LogP) is 4.28. The Kier molecular flexibility index (Phi) is 6.23. The SMILES string of the molecule is COc1ccc(-n2nc(CC(=O)CN3CCCCC3)cc2-c2cccc(F)c2)cc1. The van der Waals surface area contributed by atoms with E-state index in [0.29, 0.717) is 17.8 Å². The summed E-state index contributed by atoms with van der Waals surface area (Å²) >= 11 is 0. The van der Waals surface area contributed by atoms with Crippen LogP contribution in [0, 0.1) is 5.82 Å². The van der Waals surface area contributed by atoms with Crippen molar-refractivity contribution in [2.45, 2.75) is 25.7 Å². The smallest absolute Gasteiger partial charge is 0.152 e. The molecule has 4 rings (SSSR count). The number of carbonyl (C=O) groups excluding carboxylic acids is 1. The second-order valence-electron chi connectivity index (χ2n) is 7.69. The summed E-state index contributed by atoms with van der Waals surface area (Å²) in [7, 11) is 1.62. The van der Waals surface area contributed by atoms with Gasteiger partial charge in [0, 0.05) is 5.56 Å². The van der Waals surface area contributed by atoms with Gasteiger partial charge in [-0.2, -0.15) is 5.10 Å². The van der Waals surface area contributed by atoms with E-state index in [1.807, 2.05) is 36.4 Å². The van der Waals surface area contributed by atoms with Gasteiger partial charge in [-0.3, -0.25) is 9.69 Å². The van der Waals surface area contributed by atoms with Crippen LogP contribution in [-0.4, -0.2) is 47.2 Å². The number of piperidine rings is 1. The van der Waals surface area contributed by atoms with Crippen LogP contribution in [0.2, 0.25) is 0 Å². The number of ether oxygens (including phenoxy) is 1. The number of hydrogen-bond acceptors (Lipinski definition) is 4. The molecule has 0 radical (unpaired) electrons. The number of benzene rings is 2. The molecule has 156 valence electrons. The minimum Gasteiger partial charge on any atom is -0.497 e. The quantitative estimate of drug-likeness (QED) is 0.586. The zero-order valence-electron chi connectivity index (χ0n) is 17.2. The molecule has 6 heteroatoms. The molecule has 1 aliphatic rings. The van der Waals surface area contributed by atoms with E-state index in [2.05, 4.69) is 10.00 Å². The molecular formula is C24H26FN3O2. The number of Topliss-reactive ketones (excluding diaryl/α,β-unsaturated/α-hetero) is 1. The molecule has 0 aliphatic carbocycles. The van der Waals surface area contributed by atoms with Crippen molar-refractivity contribution in [2.75, 3.05) is 26.7 Å². The average Bonchev–Trinajstić information content (AvgIpc) is 3.18. The molecule has 5 nitrogen and oxygen atoms in total. The molecule has 0 atom stereocenters. The molecule has 2 aromatic carbocycles. The van der Waals surface area contributed by atoms with Crippen molar-refractivity contribution in [2.24, 2.45) is 0 Å². The fourth-order valence-electron chi connectivity index (χ4n) is 3.92. The van der Waals surface area contributed by atoms with Crippen LogP contribution >= 0.6 is 0 Å². The van der Waals surface area contributed by atoms with Gasteiger partial charge >= 0.3 is 0 Å². The highest BCUT2D eigenvalue weighted by atomic mass is 19.1. The Morgan fingerprint density at radius 3 is 2.53 bits per heavy atom. The Bertz CT molecular complexity index is 1010. The molecule has 0 bridgehead atoms. The van der Waals surface area contributed by atoms with E-state index in [0.717, 1.165) is 43.1 Å². The van der Waals surface area contributed by atoms with Crippen molar-refractivity contribution >= 4 is 5.78 Å². The lowest BCUT2D eigenvalue weighted by molar-refractivity contribution is -0.119. The number of aromatic nitrogens is 2. The summed E-state index contributed by atoms with van der Waals surface area (Å²) in [4.78, 5) is 14.9. The molecule has 0 amide bonds. The van der Waals surface area contributed by atoms with Crippen molar-refractivity contribution in [3.63, 3.8) is 0 Å². The van der Waals surface area contributed by atoms with E-state index in [1.54, 1.807) is 17.9 Å². The van der Waals surface area contributed by atoms with Gasteiger partial charge in [0.1, 0.15) is 11.6 Å². The lowest BCUT2D eigenvalue weighted by Gasteiger charge is -2.25. The number of methoxy groups -OCH3 is 1. The molecule has 1 fully saturated rings. The second kappa shape index (κ2) is 9.22. The number of carbonyl (C=O) groups is 1. The van der Waals surface area contributed by atoms with Gasteiger partial charge in [0.05, 0.1) is 37.2 Å². The molecule has 1 saturated heterocycles. The van der Waals surface area contributed by atoms with Crippen molar-refractivity contribution in [3.8, 4) is 22.7 Å². The fourth-order valence-corrected chi connectivity index (χ4v) is 3.92. The van der Waals surface area contributed by atoms with E-state index < -0.39 is 0 Å². The van der Waals surface area contributed by atoms with Gasteiger partial charge in [-0.25, -0.2) is 9.07 Å². The van der Waals surface area contributed by atoms with Crippen LogP contribution < -0.4 is 4.74 Å². The Labute approximate surface area is 176 Å². The van der Waals surface area contributed by atoms with Gasteiger partial charge in [-0.05, 0) is 68.4 Å². The number of hydrogen-bond donors (Lipinski definition) is 0. The van der Waals surface area contributed by atoms with Crippen LogP contribution in [-0.2, 0) is 11.2 Å². The lowest BCUT2D eigenvalue weighted by atomic mass is 10.1. The molecule has 1 aromatic heterocycles. The van der Waals surface area contributed by atoms with Gasteiger partial charge in [0.2, 0.25) is 0 Å². The van der Waals surface area contributed by atoms with Crippen LogP contribution in [0.5, 0.6) is 5.75 Å². The van der Waals surface area contributed by atoms with Crippen molar-refractivity contribution in [1.29, 1.82) is 0 Å². The predicted molar refractivity (Wildman–Crippen MR) is 115 cm³/mol. The van der Waals surface area contributed by atoms with Crippen molar-refractivity contribution in [1.82, 2.24) is 14.7 Å². The zero-order valence-corrected chi connectivity index (χ0v) is 17.2. The molecule has 3 aromatic rings. The Balaban J connectivity index is 1.62. The van der Waals surface area contributed by atoms with E-state index >= 15 is 0 Å². The maximum Gasteiger partial charge on any atom is 0.152 e. The summed E-state index contributed by atoms with van der Waals surface area (Å²) < 4.78 is 20.9. The highest BCUT2D eigenvalue weighted by Gasteiger charge is 2.18. The standard InChI is InChI=1S/C24H26FN3O2/c1-30-23-10-8-21(9-11-23)28-24(18-6-5-7-19(25)14-18)16-20(26-28)15-22(29)17-27-12-3-2-4-13-27/h5-11,14,16H,2-4,12-13,15,17H2,1H3. The van der Waals surface area contributed by atoms with E-state index in [4.69, 9.17) is 4.74 Å². The van der Waals surface area contributed by atoms with E-state index in [9.17, 15) is 9.18 Å². The van der Waals surface area contributed by atoms with Gasteiger partial charge in [-0.15, -0.1) is 0 Å². The normalized spacial score (nSPS) is 14.6. The lowest BCUT2D eigenvalue weighted by Crippen LogP contribution is -2.35. The molecule has 0 unspecified atom stereocenters. The molecular weight excluding hydrogens is 381 g/mol. The van der Waals surface area contributed by atoms with E-state index in [-0.39, 0.29) is 18.0 Å². The molecule has 1 aliphatic heterocycles. The summed E-state index contributed by atoms with van der Waals surface area (Å²) in [6.07, 6.45) is 3.82. The largest absolute Gasteiger partial charge is 0.497 e. The maximum absolute atomic E-state index is 13.9. The van der Waals surface area contributed by atoms with Crippen LogP contribution in [0.25, 0.3) is 16.9 Å². The minimum atomic E-state index is -0.308. The number of rotatable bonds is 7. The Morgan fingerprint density at radius 2 is 1.83 bits per heavy atom. The molecule has 0 spiro atoms. The van der Waals surface area contributed by atoms with Crippen LogP contribution in [0.15, 0.2) is 54.6 Å². The third kappa shape index (κ3) is 4.76. The minimum absolute atomic E-state index is 0.155. The summed E-state index contributed by atoms with van der Waals surface area (Å²) in [6.45, 7) is 2.44. The second-order valence-corrected chi connectivity index (χ2v) is 7.69. The highest BCUT2D eigenvalue weighted by molar-refractivity contribution is 5.82. The van der Waals surface area contributed by atoms with Gasteiger partial charge < -0.3 is 4.74 Å². The number of ketones is 1. The van der Waals surface area contributed by atoms with Crippen molar-refractivity contribution < 1.29 is 13.9 Å². The molecule has 0 saturated carbocycles. The summed E-state index contributed by atoms with van der Waals surface area (Å²) in [5.41, 5.74) is 2.98. The summed E-state index contributed by atoms with van der Waals surface area (Å²) in [5.74, 6) is 0.593. The zero-order chi connectivity index (χ0) is 20.9. The number of halogens is 1. The van der Waals surface area contributed by atoms with Gasteiger partial charge in [0.15, 0.2) is 5.78 Å². The first-order valence-corrected chi connectivity index (χ1v) is 10.4. The average molecular weight is 407 g/mol. The first kappa shape index (κ1) is 20.3. The number of likely N-dealkylation sites (tertiary alicyclic amines) is 1. The highest BCUT2D eigenvalue weighted by Crippen LogP contribution is 2.26. The summed E-state index contributed by atoms with van der Waals surface area (Å²) in [6, 6.07) is 15.8. The Morgan fingerprint density at radius 1 is 1.07 bits per heavy atom. The summed E-state index contributed by atoms with van der Waals surface area (Å²) in [5, 5.41) is 4.69. The van der Waals surface area contributed by atoms with Gasteiger partial charge in [0.25, 0.3) is 0 Å². The van der Waals surface area contributed by atoms with Crippen LogP contribution in [0.4, 0.5) is 4.39 Å². The topological polar surface area (TPSA) is 47.4 Å². The third-order valence-electron chi connectivity index (χ3n) is 5.42. The van der Waals surface area contributed by atoms with Crippen molar-refractivity contribution in [3.05, 3.63) is 66.1 Å². The maximum atomic E-state index is 13.9. The molecule has 0 N–H and O–H groups in total. The van der Waals surface area contributed by atoms with Gasteiger partial charge in [-0.1, -0.05) is 18.6 Å².